The van der Waals surface area contributed by atoms with Gasteiger partial charge >= 0.3 is 6.09 Å². The Bertz CT molecular complexity index is 966. The van der Waals surface area contributed by atoms with Crippen molar-refractivity contribution < 1.29 is 19.6 Å². The number of rotatable bonds is 5. The van der Waals surface area contributed by atoms with Crippen molar-refractivity contribution in [2.75, 3.05) is 25.0 Å². The van der Waals surface area contributed by atoms with Gasteiger partial charge in [-0.15, -0.1) is 0 Å². The zero-order valence-electron chi connectivity index (χ0n) is 17.4. The van der Waals surface area contributed by atoms with Crippen LogP contribution >= 0.6 is 0 Å². The number of aromatic nitrogens is 2. The van der Waals surface area contributed by atoms with E-state index in [2.05, 4.69) is 15.3 Å². The van der Waals surface area contributed by atoms with Gasteiger partial charge in [0.05, 0.1) is 18.0 Å². The maximum absolute atomic E-state index is 12.0. The SMILES string of the molecule is Cc1cc(NCC2(O)CN(C(=O)OC(C)(C)C)C2)nc(-c2cccc([N+](=O)[O-])c2)n1. The fourth-order valence-electron chi connectivity index (χ4n) is 3.03. The molecule has 1 aliphatic rings. The molecule has 1 aromatic carbocycles. The van der Waals surface area contributed by atoms with Gasteiger partial charge in [0.25, 0.3) is 5.69 Å². The van der Waals surface area contributed by atoms with E-state index in [1.165, 1.54) is 17.0 Å². The molecule has 0 radical (unpaired) electrons. The lowest BCUT2D eigenvalue weighted by atomic mass is 9.94. The van der Waals surface area contributed by atoms with Crippen LogP contribution in [0.4, 0.5) is 16.3 Å². The Morgan fingerprint density at radius 1 is 1.33 bits per heavy atom. The second-order valence-corrected chi connectivity index (χ2v) is 8.44. The van der Waals surface area contributed by atoms with Gasteiger partial charge in [-0.1, -0.05) is 12.1 Å². The second-order valence-electron chi connectivity index (χ2n) is 8.44. The van der Waals surface area contributed by atoms with Crippen LogP contribution in [0.25, 0.3) is 11.4 Å². The van der Waals surface area contributed by atoms with E-state index >= 15 is 0 Å². The van der Waals surface area contributed by atoms with Crippen LogP contribution in [0.15, 0.2) is 30.3 Å². The van der Waals surface area contributed by atoms with Crippen LogP contribution < -0.4 is 5.32 Å². The Hall–Kier alpha value is -3.27. The molecular formula is C20H25N5O5. The number of aryl methyl sites for hydroxylation is 1. The number of hydrogen-bond donors (Lipinski definition) is 2. The molecule has 160 valence electrons. The minimum absolute atomic E-state index is 0.0434. The number of nitrogens with zero attached hydrogens (tertiary/aromatic N) is 4. The van der Waals surface area contributed by atoms with Crippen molar-refractivity contribution in [2.24, 2.45) is 0 Å². The summed E-state index contributed by atoms with van der Waals surface area (Å²) in [5, 5.41) is 24.7. The first-order chi connectivity index (χ1) is 13.9. The molecule has 0 bridgehead atoms. The van der Waals surface area contributed by atoms with Crippen LogP contribution in [0.2, 0.25) is 0 Å². The summed E-state index contributed by atoms with van der Waals surface area (Å²) in [6.45, 7) is 7.62. The van der Waals surface area contributed by atoms with Gasteiger partial charge in [0.2, 0.25) is 0 Å². The Morgan fingerprint density at radius 3 is 2.67 bits per heavy atom. The Labute approximate surface area is 174 Å². The topological polar surface area (TPSA) is 131 Å². The summed E-state index contributed by atoms with van der Waals surface area (Å²) in [5.41, 5.74) is -0.538. The average molecular weight is 415 g/mol. The molecule has 0 unspecified atom stereocenters. The van der Waals surface area contributed by atoms with E-state index in [0.29, 0.717) is 22.9 Å². The summed E-state index contributed by atoms with van der Waals surface area (Å²) < 4.78 is 5.29. The number of aliphatic hydroxyl groups is 1. The fraction of sp³-hybridized carbons (Fsp3) is 0.450. The molecule has 10 nitrogen and oxygen atoms in total. The van der Waals surface area contributed by atoms with Crippen molar-refractivity contribution in [2.45, 2.75) is 38.9 Å². The number of carbonyl (C=O) groups is 1. The van der Waals surface area contributed by atoms with Crippen molar-refractivity contribution in [1.29, 1.82) is 0 Å². The van der Waals surface area contributed by atoms with E-state index < -0.39 is 22.2 Å². The van der Waals surface area contributed by atoms with E-state index in [0.717, 1.165) is 0 Å². The lowest BCUT2D eigenvalue weighted by Crippen LogP contribution is -2.66. The van der Waals surface area contributed by atoms with Crippen LogP contribution in [0, 0.1) is 17.0 Å². The largest absolute Gasteiger partial charge is 0.444 e. The number of nitrogens with one attached hydrogen (secondary N) is 1. The van der Waals surface area contributed by atoms with Crippen molar-refractivity contribution in [3.63, 3.8) is 0 Å². The predicted molar refractivity (Wildman–Crippen MR) is 110 cm³/mol. The number of ether oxygens (including phenoxy) is 1. The predicted octanol–water partition coefficient (Wildman–Crippen LogP) is 2.75. The number of hydrogen-bond acceptors (Lipinski definition) is 8. The zero-order chi connectivity index (χ0) is 22.1. The first-order valence-electron chi connectivity index (χ1n) is 9.49. The molecule has 1 fully saturated rings. The van der Waals surface area contributed by atoms with Gasteiger partial charge in [-0.25, -0.2) is 14.8 Å². The van der Waals surface area contributed by atoms with E-state index in [9.17, 15) is 20.0 Å². The number of nitro benzene ring substituents is 1. The molecule has 3 rings (SSSR count). The summed E-state index contributed by atoms with van der Waals surface area (Å²) in [5.74, 6) is 0.824. The first kappa shape index (κ1) is 21.4. The molecular weight excluding hydrogens is 390 g/mol. The zero-order valence-corrected chi connectivity index (χ0v) is 17.4. The molecule has 1 saturated heterocycles. The monoisotopic (exact) mass is 415 g/mol. The molecule has 10 heteroatoms. The quantitative estimate of drug-likeness (QED) is 0.563. The molecule has 1 aliphatic heterocycles. The third-order valence-corrected chi connectivity index (χ3v) is 4.39. The Kier molecular flexibility index (Phi) is 5.62. The van der Waals surface area contributed by atoms with E-state index in [-0.39, 0.29) is 25.3 Å². The van der Waals surface area contributed by atoms with Crippen LogP contribution in [-0.4, -0.2) is 61.8 Å². The van der Waals surface area contributed by atoms with Crippen molar-refractivity contribution >= 4 is 17.6 Å². The summed E-state index contributed by atoms with van der Waals surface area (Å²) in [4.78, 5) is 32.8. The summed E-state index contributed by atoms with van der Waals surface area (Å²) >= 11 is 0. The van der Waals surface area contributed by atoms with Gasteiger partial charge < -0.3 is 20.1 Å². The fourth-order valence-corrected chi connectivity index (χ4v) is 3.03. The highest BCUT2D eigenvalue weighted by molar-refractivity contribution is 5.69. The average Bonchev–Trinajstić information content (AvgIpc) is 2.62. The smallest absolute Gasteiger partial charge is 0.410 e. The van der Waals surface area contributed by atoms with Crippen molar-refractivity contribution in [1.82, 2.24) is 14.9 Å². The minimum Gasteiger partial charge on any atom is -0.444 e. The van der Waals surface area contributed by atoms with E-state index in [1.807, 2.05) is 0 Å². The molecule has 30 heavy (non-hydrogen) atoms. The summed E-state index contributed by atoms with van der Waals surface area (Å²) in [6.07, 6.45) is -0.460. The van der Waals surface area contributed by atoms with Crippen LogP contribution in [-0.2, 0) is 4.74 Å². The highest BCUT2D eigenvalue weighted by Crippen LogP contribution is 2.25. The van der Waals surface area contributed by atoms with E-state index in [1.54, 1.807) is 45.9 Å². The number of anilines is 1. The number of non-ortho nitro benzene ring substituents is 1. The number of benzene rings is 1. The number of likely N-dealkylation sites (tertiary alicyclic amines) is 1. The van der Waals surface area contributed by atoms with Gasteiger partial charge in [-0.2, -0.15) is 0 Å². The normalized spacial score (nSPS) is 15.3. The Balaban J connectivity index is 1.65. The highest BCUT2D eigenvalue weighted by Gasteiger charge is 2.45. The van der Waals surface area contributed by atoms with Gasteiger partial charge in [-0.05, 0) is 27.7 Å². The molecule has 2 aromatic rings. The summed E-state index contributed by atoms with van der Waals surface area (Å²) in [7, 11) is 0. The van der Waals surface area contributed by atoms with E-state index in [4.69, 9.17) is 4.74 Å². The minimum atomic E-state index is -1.10. The van der Waals surface area contributed by atoms with Crippen molar-refractivity contribution in [3.8, 4) is 11.4 Å². The maximum Gasteiger partial charge on any atom is 0.410 e. The number of amides is 1. The first-order valence-corrected chi connectivity index (χ1v) is 9.49. The number of carbonyl (C=O) groups excluding carboxylic acids is 1. The molecule has 2 heterocycles. The molecule has 2 N–H and O–H groups in total. The van der Waals surface area contributed by atoms with Gasteiger partial charge in [0.1, 0.15) is 17.0 Å². The third kappa shape index (κ3) is 5.20. The van der Waals surface area contributed by atoms with Gasteiger partial charge in [-0.3, -0.25) is 10.1 Å². The van der Waals surface area contributed by atoms with Gasteiger partial charge in [0, 0.05) is 36.0 Å². The Morgan fingerprint density at radius 2 is 2.03 bits per heavy atom. The molecule has 0 aliphatic carbocycles. The standard InChI is InChI=1S/C20H25N5O5/c1-13-8-16(23-17(22-13)14-6-5-7-15(9-14)25(28)29)21-10-20(27)11-24(12-20)18(26)30-19(2,3)4/h5-9,27H,10-12H2,1-4H3,(H,21,22,23). The molecule has 0 atom stereocenters. The number of β-amino-alcohol motifs (C(OH)–C–C–N with tert-alkyl or cyclic N) is 1. The lowest BCUT2D eigenvalue weighted by molar-refractivity contribution is -0.384. The lowest BCUT2D eigenvalue weighted by Gasteiger charge is -2.46. The highest BCUT2D eigenvalue weighted by atomic mass is 16.6. The van der Waals surface area contributed by atoms with Gasteiger partial charge in [0.15, 0.2) is 5.82 Å². The maximum atomic E-state index is 12.0. The third-order valence-electron chi connectivity index (χ3n) is 4.39. The molecule has 1 amide bonds. The van der Waals surface area contributed by atoms with Crippen LogP contribution in [0.5, 0.6) is 0 Å². The number of nitro groups is 1. The molecule has 0 saturated carbocycles. The van der Waals surface area contributed by atoms with Crippen molar-refractivity contribution in [3.05, 3.63) is 46.1 Å². The van der Waals surface area contributed by atoms with Crippen LogP contribution in [0.1, 0.15) is 26.5 Å². The second kappa shape index (κ2) is 7.86. The summed E-state index contributed by atoms with van der Waals surface area (Å²) in [6, 6.07) is 7.81. The van der Waals surface area contributed by atoms with Crippen LogP contribution in [0.3, 0.4) is 0 Å². The molecule has 1 aromatic heterocycles. The molecule has 0 spiro atoms.